The van der Waals surface area contributed by atoms with E-state index in [2.05, 4.69) is 208 Å². The van der Waals surface area contributed by atoms with Crippen molar-refractivity contribution >= 4 is 19.8 Å². The molecule has 566 valence electrons. The number of carbonyl (C=O) groups excluding carboxylic acids is 2. The van der Waals surface area contributed by atoms with Gasteiger partial charge in [0.1, 0.15) is 19.8 Å². The number of rotatable bonds is 72. The number of quaternary nitrogens is 1. The normalized spacial score (nSPS) is 14.1. The monoisotopic (exact) mass is 1400 g/mol. The lowest BCUT2D eigenvalue weighted by Crippen LogP contribution is -2.37. The zero-order valence-electron chi connectivity index (χ0n) is 64.6. The zero-order valence-corrected chi connectivity index (χ0v) is 65.5. The van der Waals surface area contributed by atoms with Crippen LogP contribution in [0.25, 0.3) is 0 Å². The summed E-state index contributed by atoms with van der Waals surface area (Å²) < 4.78 is 34.8. The molecular formula is C90H149NO8P+. The predicted octanol–water partition coefficient (Wildman–Crippen LogP) is 27.2. The van der Waals surface area contributed by atoms with E-state index in [1.165, 1.54) is 122 Å². The van der Waals surface area contributed by atoms with Gasteiger partial charge in [-0.3, -0.25) is 18.6 Å². The maximum atomic E-state index is 12.9. The number of unbranched alkanes of at least 4 members (excludes halogenated alkanes) is 26. The fraction of sp³-hybridized carbons (Fsp3) is 0.622. The van der Waals surface area contributed by atoms with Crippen molar-refractivity contribution in [2.24, 2.45) is 0 Å². The van der Waals surface area contributed by atoms with Gasteiger partial charge in [-0.2, -0.15) is 0 Å². The van der Waals surface area contributed by atoms with Crippen molar-refractivity contribution in [3.8, 4) is 0 Å². The van der Waals surface area contributed by atoms with Gasteiger partial charge in [-0.05, 0) is 141 Å². The highest BCUT2D eigenvalue weighted by atomic mass is 31.2. The van der Waals surface area contributed by atoms with E-state index in [9.17, 15) is 19.0 Å². The minimum absolute atomic E-state index is 0.0234. The van der Waals surface area contributed by atoms with Crippen molar-refractivity contribution in [1.82, 2.24) is 0 Å². The van der Waals surface area contributed by atoms with Gasteiger partial charge in [0.2, 0.25) is 0 Å². The molecule has 0 saturated heterocycles. The summed E-state index contributed by atoms with van der Waals surface area (Å²) in [4.78, 5) is 36.0. The Kier molecular flexibility index (Phi) is 74.0. The maximum absolute atomic E-state index is 12.9. The van der Waals surface area contributed by atoms with Gasteiger partial charge in [0, 0.05) is 12.8 Å². The van der Waals surface area contributed by atoms with Crippen LogP contribution < -0.4 is 0 Å². The van der Waals surface area contributed by atoms with E-state index < -0.39 is 26.5 Å². The van der Waals surface area contributed by atoms with Gasteiger partial charge in [0.05, 0.1) is 27.7 Å². The van der Waals surface area contributed by atoms with E-state index in [0.717, 1.165) is 154 Å². The second-order valence-corrected chi connectivity index (χ2v) is 28.8. The summed E-state index contributed by atoms with van der Waals surface area (Å²) in [6.45, 7) is 4.20. The van der Waals surface area contributed by atoms with Crippen LogP contribution in [0.3, 0.4) is 0 Å². The average molecular weight is 1400 g/mol. The number of ether oxygens (including phenoxy) is 2. The molecule has 0 aromatic carbocycles. The first-order valence-corrected chi connectivity index (χ1v) is 41.7. The van der Waals surface area contributed by atoms with Gasteiger partial charge in [0.15, 0.2) is 6.10 Å². The van der Waals surface area contributed by atoms with Crippen molar-refractivity contribution < 1.29 is 42.1 Å². The quantitative estimate of drug-likeness (QED) is 0.0211. The molecule has 10 heteroatoms. The lowest BCUT2D eigenvalue weighted by atomic mass is 10.0. The van der Waals surface area contributed by atoms with E-state index in [-0.39, 0.29) is 32.0 Å². The molecule has 2 unspecified atom stereocenters. The summed E-state index contributed by atoms with van der Waals surface area (Å²) in [7, 11) is 1.46. The largest absolute Gasteiger partial charge is 0.472 e. The molecular weight excluding hydrogens is 1250 g/mol. The molecule has 0 bridgehead atoms. The van der Waals surface area contributed by atoms with Gasteiger partial charge in [-0.1, -0.05) is 350 Å². The first kappa shape index (κ1) is 94.8. The van der Waals surface area contributed by atoms with Crippen LogP contribution in [0.15, 0.2) is 194 Å². The third kappa shape index (κ3) is 81.8. The molecule has 0 fully saturated rings. The third-order valence-corrected chi connectivity index (χ3v) is 17.6. The van der Waals surface area contributed by atoms with Gasteiger partial charge in [-0.25, -0.2) is 4.57 Å². The Labute approximate surface area is 615 Å². The summed E-state index contributed by atoms with van der Waals surface area (Å²) in [6, 6.07) is 0. The number of phosphoric ester groups is 1. The van der Waals surface area contributed by atoms with Gasteiger partial charge in [0.25, 0.3) is 0 Å². The fourth-order valence-corrected chi connectivity index (χ4v) is 11.3. The van der Waals surface area contributed by atoms with Crippen LogP contribution in [0.1, 0.15) is 309 Å². The molecule has 2 atom stereocenters. The van der Waals surface area contributed by atoms with Crippen molar-refractivity contribution in [3.63, 3.8) is 0 Å². The summed E-state index contributed by atoms with van der Waals surface area (Å²) in [5.74, 6) is -0.805. The zero-order chi connectivity index (χ0) is 72.5. The van der Waals surface area contributed by atoms with Crippen LogP contribution in [-0.2, 0) is 32.7 Å². The molecule has 0 radical (unpaired) electrons. The van der Waals surface area contributed by atoms with Gasteiger partial charge in [-0.15, -0.1) is 0 Å². The Hall–Kier alpha value is -5.15. The number of hydrogen-bond acceptors (Lipinski definition) is 7. The molecule has 100 heavy (non-hydrogen) atoms. The predicted molar refractivity (Wildman–Crippen MR) is 435 cm³/mol. The highest BCUT2D eigenvalue weighted by Crippen LogP contribution is 2.43. The molecule has 0 spiro atoms. The molecule has 0 heterocycles. The number of phosphoric acid groups is 1. The molecule has 0 amide bonds. The minimum Gasteiger partial charge on any atom is -0.462 e. The number of carbonyl (C=O) groups is 2. The van der Waals surface area contributed by atoms with E-state index in [0.29, 0.717) is 17.4 Å². The Balaban J connectivity index is 4.04. The van der Waals surface area contributed by atoms with Crippen LogP contribution in [0, 0.1) is 0 Å². The summed E-state index contributed by atoms with van der Waals surface area (Å²) >= 11 is 0. The van der Waals surface area contributed by atoms with Gasteiger partial charge < -0.3 is 18.9 Å². The Morgan fingerprint density at radius 2 is 0.540 bits per heavy atom. The van der Waals surface area contributed by atoms with Crippen LogP contribution in [-0.4, -0.2) is 74.9 Å². The lowest BCUT2D eigenvalue weighted by Gasteiger charge is -2.24. The number of hydrogen-bond donors (Lipinski definition) is 1. The first-order valence-electron chi connectivity index (χ1n) is 40.2. The standard InChI is InChI=1S/C90H148NO8P/c1-6-8-10-12-14-16-18-20-22-24-26-28-30-32-34-36-38-40-42-43-44-45-46-47-49-51-53-55-57-59-61-63-65-67-69-71-73-75-77-79-81-83-90(93)99-88(87-98-100(94,95)97-85-84-91(3,4)5)86-96-89(92)82-80-78-76-74-72-70-68-66-64-62-60-58-56-54-52-50-48-41-39-37-35-33-31-29-27-25-23-21-19-17-15-13-11-9-7-2/h8-11,14-17,20-23,26-29,32-35,38-41,43-44,46-47,50,52,56,58,88H,6-7,12-13,18-19,24-25,30-31,36-37,42,45,48-49,51,53-55,57,59-87H2,1-5H3/p+1/b10-8-,11-9-,16-14-,17-15-,22-20-,23-21-,28-26-,29-27-,34-32-,35-33-,40-38-,41-39-,44-43-,47-46-,52-50-,58-56-. The highest BCUT2D eigenvalue weighted by molar-refractivity contribution is 7.47. The molecule has 0 aromatic heterocycles. The topological polar surface area (TPSA) is 108 Å². The third-order valence-electron chi connectivity index (χ3n) is 16.6. The van der Waals surface area contributed by atoms with Crippen molar-refractivity contribution in [3.05, 3.63) is 194 Å². The maximum Gasteiger partial charge on any atom is 0.472 e. The molecule has 0 rings (SSSR count). The lowest BCUT2D eigenvalue weighted by molar-refractivity contribution is -0.870. The number of allylic oxidation sites excluding steroid dienone is 32. The van der Waals surface area contributed by atoms with Gasteiger partial charge >= 0.3 is 19.8 Å². The summed E-state index contributed by atoms with van der Waals surface area (Å²) in [5, 5.41) is 0. The smallest absolute Gasteiger partial charge is 0.462 e. The van der Waals surface area contributed by atoms with Crippen LogP contribution in [0.2, 0.25) is 0 Å². The highest BCUT2D eigenvalue weighted by Gasteiger charge is 2.27. The SMILES string of the molecule is CC/C=C\C/C=C\C/C=C\C/C=C\C/C=C\C/C=C\C/C=C\C/C=C\CCCCCCCCCCCCCCCCCCC(=O)OC(COC(=O)CCCCCCCCCCCC/C=C\C/C=C\C/C=C\C/C=C\C/C=C\C/C=C\C/C=C\C/C=C\CC)COP(=O)(O)OCC[N+](C)(C)C. The Bertz CT molecular complexity index is 2400. The first-order chi connectivity index (χ1) is 49.0. The molecule has 0 aliphatic rings. The van der Waals surface area contributed by atoms with Crippen molar-refractivity contribution in [2.75, 3.05) is 47.5 Å². The van der Waals surface area contributed by atoms with Crippen molar-refractivity contribution in [2.45, 2.75) is 315 Å². The van der Waals surface area contributed by atoms with E-state index >= 15 is 0 Å². The van der Waals surface area contributed by atoms with E-state index in [4.69, 9.17) is 18.5 Å². The number of likely N-dealkylation sites (N-methyl/N-ethyl adjacent to an activating group) is 1. The van der Waals surface area contributed by atoms with E-state index in [1.807, 2.05) is 21.1 Å². The Morgan fingerprint density at radius 1 is 0.310 bits per heavy atom. The number of nitrogens with zero attached hydrogens (tertiary/aromatic N) is 1. The van der Waals surface area contributed by atoms with Crippen molar-refractivity contribution in [1.29, 1.82) is 0 Å². The second kappa shape index (κ2) is 78.0. The molecule has 9 nitrogen and oxygen atoms in total. The molecule has 0 aliphatic carbocycles. The summed E-state index contributed by atoms with van der Waals surface area (Å²) in [5.41, 5.74) is 0. The average Bonchev–Trinajstić information content (AvgIpc) is 1.30. The summed E-state index contributed by atoms with van der Waals surface area (Å²) in [6.07, 6.45) is 121. The molecule has 1 N–H and O–H groups in total. The molecule has 0 saturated carbocycles. The molecule has 0 aromatic rings. The van der Waals surface area contributed by atoms with E-state index in [1.54, 1.807) is 0 Å². The second-order valence-electron chi connectivity index (χ2n) is 27.3. The van der Waals surface area contributed by atoms with Crippen LogP contribution in [0.4, 0.5) is 0 Å². The van der Waals surface area contributed by atoms with Crippen LogP contribution in [0.5, 0.6) is 0 Å². The number of esters is 2. The minimum atomic E-state index is -4.41. The van der Waals surface area contributed by atoms with Crippen LogP contribution >= 0.6 is 7.82 Å². The molecule has 0 aliphatic heterocycles. The fourth-order valence-electron chi connectivity index (χ4n) is 10.6. The Morgan fingerprint density at radius 3 is 0.800 bits per heavy atom.